The number of benzene rings is 1. The smallest absolute Gasteiger partial charge is 0.273 e. The summed E-state index contributed by atoms with van der Waals surface area (Å²) in [6.07, 6.45) is 1.25. The number of nitrogens with zero attached hydrogens (tertiary/aromatic N) is 1. The van der Waals surface area contributed by atoms with Crippen LogP contribution < -0.4 is 4.72 Å². The summed E-state index contributed by atoms with van der Waals surface area (Å²) in [5.41, 5.74) is 0.175. The van der Waals surface area contributed by atoms with Gasteiger partial charge in [0.05, 0.1) is 22.5 Å². The van der Waals surface area contributed by atoms with Gasteiger partial charge in [0.15, 0.2) is 4.21 Å². The molecule has 0 fully saturated rings. The van der Waals surface area contributed by atoms with Crippen LogP contribution in [-0.4, -0.2) is 25.1 Å². The zero-order chi connectivity index (χ0) is 15.5. The number of halogens is 1. The van der Waals surface area contributed by atoms with E-state index in [9.17, 15) is 12.8 Å². The van der Waals surface area contributed by atoms with E-state index in [1.165, 1.54) is 18.3 Å². The van der Waals surface area contributed by atoms with Gasteiger partial charge in [-0.3, -0.25) is 4.72 Å². The molecule has 0 amide bonds. The van der Waals surface area contributed by atoms with Gasteiger partial charge in [0.25, 0.3) is 10.0 Å². The molecule has 0 spiro atoms. The van der Waals surface area contributed by atoms with Crippen LogP contribution in [0.25, 0.3) is 0 Å². The van der Waals surface area contributed by atoms with Gasteiger partial charge in [0.1, 0.15) is 12.4 Å². The molecule has 21 heavy (non-hydrogen) atoms. The summed E-state index contributed by atoms with van der Waals surface area (Å²) >= 11 is 1.03. The van der Waals surface area contributed by atoms with Gasteiger partial charge in [-0.25, -0.2) is 17.8 Å². The van der Waals surface area contributed by atoms with Crippen molar-refractivity contribution in [2.45, 2.75) is 11.1 Å². The zero-order valence-corrected chi connectivity index (χ0v) is 12.6. The van der Waals surface area contributed by atoms with Crippen molar-refractivity contribution in [3.05, 3.63) is 40.8 Å². The minimum Gasteiger partial charge on any atom is -0.384 e. The molecule has 0 aliphatic rings. The number of aryl methyl sites for hydroxylation is 1. The van der Waals surface area contributed by atoms with Crippen molar-refractivity contribution in [1.29, 1.82) is 0 Å². The van der Waals surface area contributed by atoms with Gasteiger partial charge in [-0.1, -0.05) is 11.8 Å². The molecular weight excluding hydrogens is 315 g/mol. The minimum absolute atomic E-state index is 0.0598. The third-order valence-electron chi connectivity index (χ3n) is 2.39. The van der Waals surface area contributed by atoms with E-state index >= 15 is 0 Å². The summed E-state index contributed by atoms with van der Waals surface area (Å²) in [6.45, 7) is 1.32. The molecule has 8 heteroatoms. The van der Waals surface area contributed by atoms with E-state index in [2.05, 4.69) is 21.5 Å². The van der Waals surface area contributed by atoms with Gasteiger partial charge in [-0.05, 0) is 25.1 Å². The lowest BCUT2D eigenvalue weighted by Gasteiger charge is -2.06. The molecule has 2 aromatic rings. The molecule has 1 aromatic heterocycles. The fourth-order valence-corrected chi connectivity index (χ4v) is 3.64. The van der Waals surface area contributed by atoms with Crippen molar-refractivity contribution >= 4 is 27.0 Å². The first-order valence-electron chi connectivity index (χ1n) is 5.77. The Bertz CT molecular complexity index is 819. The Kier molecular flexibility index (Phi) is 4.57. The SMILES string of the molecule is Cc1ncc(S(=O)(=O)Nc2ccc(C#CCO)c(F)c2)s1. The summed E-state index contributed by atoms with van der Waals surface area (Å²) in [7, 11) is -3.78. The van der Waals surface area contributed by atoms with Crippen LogP contribution in [0.5, 0.6) is 0 Å². The fourth-order valence-electron chi connectivity index (χ4n) is 1.49. The van der Waals surface area contributed by atoms with Gasteiger partial charge < -0.3 is 5.11 Å². The molecular formula is C13H11FN2O3S2. The monoisotopic (exact) mass is 326 g/mol. The first kappa shape index (κ1) is 15.4. The Labute approximate surface area is 125 Å². The number of nitrogens with one attached hydrogen (secondary N) is 1. The highest BCUT2D eigenvalue weighted by molar-refractivity contribution is 7.94. The molecule has 0 saturated heterocycles. The van der Waals surface area contributed by atoms with E-state index < -0.39 is 15.8 Å². The van der Waals surface area contributed by atoms with E-state index in [1.807, 2.05) is 0 Å². The van der Waals surface area contributed by atoms with Crippen molar-refractivity contribution in [3.8, 4) is 11.8 Å². The van der Waals surface area contributed by atoms with Crippen molar-refractivity contribution in [2.24, 2.45) is 0 Å². The summed E-state index contributed by atoms with van der Waals surface area (Å²) in [6, 6.07) is 3.77. The van der Waals surface area contributed by atoms with E-state index in [4.69, 9.17) is 5.11 Å². The number of aromatic nitrogens is 1. The molecule has 1 heterocycles. The minimum atomic E-state index is -3.78. The van der Waals surface area contributed by atoms with Gasteiger partial charge in [0, 0.05) is 0 Å². The lowest BCUT2D eigenvalue weighted by Crippen LogP contribution is -2.11. The number of hydrogen-bond donors (Lipinski definition) is 2. The second kappa shape index (κ2) is 6.22. The second-order valence-electron chi connectivity index (χ2n) is 3.96. The number of aliphatic hydroxyl groups excluding tert-OH is 1. The summed E-state index contributed by atoms with van der Waals surface area (Å²) in [4.78, 5) is 3.87. The molecule has 1 aromatic carbocycles. The molecule has 0 aliphatic heterocycles. The Morgan fingerprint density at radius 2 is 2.24 bits per heavy atom. The van der Waals surface area contributed by atoms with Crippen LogP contribution in [0.4, 0.5) is 10.1 Å². The number of rotatable bonds is 3. The molecule has 2 N–H and O–H groups in total. The largest absolute Gasteiger partial charge is 0.384 e. The van der Waals surface area contributed by atoms with E-state index in [1.54, 1.807) is 6.92 Å². The second-order valence-corrected chi connectivity index (χ2v) is 7.10. The fraction of sp³-hybridized carbons (Fsp3) is 0.154. The highest BCUT2D eigenvalue weighted by Gasteiger charge is 2.17. The highest BCUT2D eigenvalue weighted by atomic mass is 32.2. The van der Waals surface area contributed by atoms with Crippen molar-refractivity contribution in [2.75, 3.05) is 11.3 Å². The maximum atomic E-state index is 13.7. The van der Waals surface area contributed by atoms with Gasteiger partial charge in [0.2, 0.25) is 0 Å². The van der Waals surface area contributed by atoms with Crippen molar-refractivity contribution in [1.82, 2.24) is 4.98 Å². The molecule has 0 radical (unpaired) electrons. The molecule has 0 unspecified atom stereocenters. The number of aliphatic hydroxyl groups is 1. The molecule has 0 aliphatic carbocycles. The Balaban J connectivity index is 2.26. The van der Waals surface area contributed by atoms with E-state index in [-0.39, 0.29) is 22.1 Å². The van der Waals surface area contributed by atoms with E-state index in [0.29, 0.717) is 5.01 Å². The van der Waals surface area contributed by atoms with Crippen LogP contribution in [0.3, 0.4) is 0 Å². The number of hydrogen-bond acceptors (Lipinski definition) is 5. The molecule has 0 saturated carbocycles. The lowest BCUT2D eigenvalue weighted by molar-refractivity contribution is 0.350. The maximum absolute atomic E-state index is 13.7. The number of anilines is 1. The topological polar surface area (TPSA) is 79.3 Å². The third-order valence-corrected chi connectivity index (χ3v) is 5.14. The Hall–Kier alpha value is -1.95. The first-order chi connectivity index (χ1) is 9.92. The van der Waals surface area contributed by atoms with Crippen molar-refractivity contribution < 1.29 is 17.9 Å². The quantitative estimate of drug-likeness (QED) is 0.842. The summed E-state index contributed by atoms with van der Waals surface area (Å²) in [5.74, 6) is 4.08. The van der Waals surface area contributed by atoms with Crippen LogP contribution in [0, 0.1) is 24.6 Å². The van der Waals surface area contributed by atoms with Gasteiger partial charge >= 0.3 is 0 Å². The Morgan fingerprint density at radius 1 is 1.48 bits per heavy atom. The first-order valence-corrected chi connectivity index (χ1v) is 8.07. The predicted molar refractivity (Wildman–Crippen MR) is 78.0 cm³/mol. The maximum Gasteiger partial charge on any atom is 0.273 e. The van der Waals surface area contributed by atoms with Crippen molar-refractivity contribution in [3.63, 3.8) is 0 Å². The Morgan fingerprint density at radius 3 is 2.81 bits per heavy atom. The standard InChI is InChI=1S/C13H11FN2O3S2/c1-9-15-8-13(20-9)21(18,19)16-11-5-4-10(3-2-6-17)12(14)7-11/h4-5,7-8,16-17H,6H2,1H3. The average molecular weight is 326 g/mol. The molecule has 5 nitrogen and oxygen atoms in total. The zero-order valence-electron chi connectivity index (χ0n) is 10.9. The lowest BCUT2D eigenvalue weighted by atomic mass is 10.2. The van der Waals surface area contributed by atoms with Gasteiger partial charge in [-0.15, -0.1) is 11.3 Å². The summed E-state index contributed by atoms with van der Waals surface area (Å²) in [5, 5.41) is 9.18. The molecule has 0 atom stereocenters. The summed E-state index contributed by atoms with van der Waals surface area (Å²) < 4.78 is 40.2. The van der Waals surface area contributed by atoms with Crippen LogP contribution in [0.1, 0.15) is 10.6 Å². The number of thiazole rings is 1. The van der Waals surface area contributed by atoms with E-state index in [0.717, 1.165) is 17.4 Å². The average Bonchev–Trinajstić information content (AvgIpc) is 2.85. The van der Waals surface area contributed by atoms with Gasteiger partial charge in [-0.2, -0.15) is 0 Å². The number of sulfonamides is 1. The molecule has 110 valence electrons. The highest BCUT2D eigenvalue weighted by Crippen LogP contribution is 2.22. The normalized spacial score (nSPS) is 10.8. The third kappa shape index (κ3) is 3.78. The molecule has 0 bridgehead atoms. The molecule has 2 rings (SSSR count). The predicted octanol–water partition coefficient (Wildman–Crippen LogP) is 1.74. The van der Waals surface area contributed by atoms with Crippen LogP contribution in [0.15, 0.2) is 28.6 Å². The van der Waals surface area contributed by atoms with Crippen LogP contribution in [0.2, 0.25) is 0 Å². The van der Waals surface area contributed by atoms with Crippen LogP contribution >= 0.6 is 11.3 Å². The van der Waals surface area contributed by atoms with Crippen LogP contribution in [-0.2, 0) is 10.0 Å².